The van der Waals surface area contributed by atoms with Crippen molar-refractivity contribution in [3.05, 3.63) is 42.0 Å². The summed E-state index contributed by atoms with van der Waals surface area (Å²) >= 11 is 0. The first-order valence-electron chi connectivity index (χ1n) is 6.12. The van der Waals surface area contributed by atoms with Crippen molar-refractivity contribution in [1.29, 1.82) is 0 Å². The normalized spacial score (nSPS) is 15.6. The first-order chi connectivity index (χ1) is 8.45. The highest BCUT2D eigenvalue weighted by Crippen LogP contribution is 2.29. The van der Waals surface area contributed by atoms with Crippen molar-refractivity contribution in [2.45, 2.75) is 32.6 Å². The standard InChI is InChI=1S/C15H17NO2/c1-4-15(2,3)11-5-7-12(8-6-11)16-13(17)9-10-14(16)18/h5-10H,4H2,1-3H3. The van der Waals surface area contributed by atoms with Crippen LogP contribution in [0.4, 0.5) is 5.69 Å². The van der Waals surface area contributed by atoms with E-state index in [0.717, 1.165) is 6.42 Å². The van der Waals surface area contributed by atoms with Crippen LogP contribution in [-0.2, 0) is 15.0 Å². The molecule has 0 fully saturated rings. The molecule has 0 radical (unpaired) electrons. The number of amides is 2. The summed E-state index contributed by atoms with van der Waals surface area (Å²) in [5.41, 5.74) is 1.95. The monoisotopic (exact) mass is 243 g/mol. The Morgan fingerprint density at radius 3 is 1.94 bits per heavy atom. The highest BCUT2D eigenvalue weighted by atomic mass is 16.2. The van der Waals surface area contributed by atoms with Gasteiger partial charge in [0.25, 0.3) is 11.8 Å². The number of nitrogens with zero attached hydrogens (tertiary/aromatic N) is 1. The van der Waals surface area contributed by atoms with Crippen LogP contribution < -0.4 is 4.90 Å². The van der Waals surface area contributed by atoms with Crippen LogP contribution in [0, 0.1) is 0 Å². The molecule has 3 nitrogen and oxygen atoms in total. The number of carbonyl (C=O) groups excluding carboxylic acids is 2. The summed E-state index contributed by atoms with van der Waals surface area (Å²) in [4.78, 5) is 24.3. The maximum Gasteiger partial charge on any atom is 0.258 e. The Morgan fingerprint density at radius 1 is 1.00 bits per heavy atom. The van der Waals surface area contributed by atoms with Crippen molar-refractivity contribution < 1.29 is 9.59 Å². The van der Waals surface area contributed by atoms with Crippen LogP contribution in [-0.4, -0.2) is 11.8 Å². The van der Waals surface area contributed by atoms with E-state index in [1.165, 1.54) is 22.6 Å². The molecule has 1 aromatic rings. The second-order valence-corrected chi connectivity index (χ2v) is 5.13. The molecule has 3 heteroatoms. The van der Waals surface area contributed by atoms with Crippen LogP contribution in [0.5, 0.6) is 0 Å². The van der Waals surface area contributed by atoms with Gasteiger partial charge >= 0.3 is 0 Å². The minimum absolute atomic E-state index is 0.107. The van der Waals surface area contributed by atoms with Crippen LogP contribution in [0.25, 0.3) is 0 Å². The molecule has 0 saturated carbocycles. The Kier molecular flexibility index (Phi) is 3.07. The molecule has 1 aromatic carbocycles. The lowest BCUT2D eigenvalue weighted by Gasteiger charge is -2.24. The fourth-order valence-corrected chi connectivity index (χ4v) is 1.92. The zero-order valence-electron chi connectivity index (χ0n) is 10.9. The average Bonchev–Trinajstić information content (AvgIpc) is 2.69. The molecule has 0 N–H and O–H groups in total. The number of carbonyl (C=O) groups is 2. The van der Waals surface area contributed by atoms with E-state index in [-0.39, 0.29) is 17.2 Å². The molecule has 2 rings (SSSR count). The van der Waals surface area contributed by atoms with E-state index in [9.17, 15) is 9.59 Å². The van der Waals surface area contributed by atoms with Crippen molar-refractivity contribution in [1.82, 2.24) is 0 Å². The number of imide groups is 1. The number of anilines is 1. The van der Waals surface area contributed by atoms with Gasteiger partial charge in [-0.25, -0.2) is 4.90 Å². The second-order valence-electron chi connectivity index (χ2n) is 5.13. The number of hydrogen-bond acceptors (Lipinski definition) is 2. The molecule has 0 aromatic heterocycles. The van der Waals surface area contributed by atoms with E-state index < -0.39 is 0 Å². The molecule has 0 aliphatic carbocycles. The van der Waals surface area contributed by atoms with Gasteiger partial charge in [0.2, 0.25) is 0 Å². The Balaban J connectivity index is 2.29. The molecule has 0 atom stereocenters. The molecule has 18 heavy (non-hydrogen) atoms. The summed E-state index contributed by atoms with van der Waals surface area (Å²) in [5.74, 6) is -0.551. The fourth-order valence-electron chi connectivity index (χ4n) is 1.92. The van der Waals surface area contributed by atoms with E-state index in [2.05, 4.69) is 20.8 Å². The summed E-state index contributed by atoms with van der Waals surface area (Å²) < 4.78 is 0. The van der Waals surface area contributed by atoms with Gasteiger partial charge in [0.05, 0.1) is 5.69 Å². The van der Waals surface area contributed by atoms with Crippen LogP contribution in [0.15, 0.2) is 36.4 Å². The van der Waals surface area contributed by atoms with Gasteiger partial charge in [0, 0.05) is 12.2 Å². The number of rotatable bonds is 3. The smallest absolute Gasteiger partial charge is 0.258 e. The van der Waals surface area contributed by atoms with Crippen molar-refractivity contribution >= 4 is 17.5 Å². The van der Waals surface area contributed by atoms with Crippen molar-refractivity contribution in [3.63, 3.8) is 0 Å². The van der Waals surface area contributed by atoms with E-state index >= 15 is 0 Å². The first-order valence-corrected chi connectivity index (χ1v) is 6.12. The highest BCUT2D eigenvalue weighted by molar-refractivity contribution is 6.28. The summed E-state index contributed by atoms with van der Waals surface area (Å²) in [6.07, 6.45) is 3.63. The van der Waals surface area contributed by atoms with Crippen molar-refractivity contribution in [2.24, 2.45) is 0 Å². The molecular formula is C15H17NO2. The maximum atomic E-state index is 11.5. The Bertz CT molecular complexity index is 494. The quantitative estimate of drug-likeness (QED) is 0.765. The van der Waals surface area contributed by atoms with Gasteiger partial charge in [-0.3, -0.25) is 9.59 Å². The maximum absolute atomic E-state index is 11.5. The third-order valence-electron chi connectivity index (χ3n) is 3.60. The molecule has 1 aliphatic heterocycles. The van der Waals surface area contributed by atoms with Gasteiger partial charge in [-0.2, -0.15) is 0 Å². The third-order valence-corrected chi connectivity index (χ3v) is 3.60. The molecule has 0 saturated heterocycles. The van der Waals surface area contributed by atoms with Crippen LogP contribution >= 0.6 is 0 Å². The van der Waals surface area contributed by atoms with E-state index in [1.54, 1.807) is 0 Å². The zero-order valence-corrected chi connectivity index (χ0v) is 10.9. The summed E-state index contributed by atoms with van der Waals surface area (Å²) in [6.45, 7) is 6.50. The Hall–Kier alpha value is -1.90. The van der Waals surface area contributed by atoms with Crippen LogP contribution in [0.3, 0.4) is 0 Å². The largest absolute Gasteiger partial charge is 0.269 e. The third kappa shape index (κ3) is 2.08. The predicted molar refractivity (Wildman–Crippen MR) is 71.4 cm³/mol. The molecular weight excluding hydrogens is 226 g/mol. The summed E-state index contributed by atoms with van der Waals surface area (Å²) in [5, 5.41) is 0. The molecule has 94 valence electrons. The van der Waals surface area contributed by atoms with Crippen LogP contribution in [0.2, 0.25) is 0 Å². The Labute approximate surface area is 107 Å². The lowest BCUT2D eigenvalue weighted by molar-refractivity contribution is -0.119. The summed E-state index contributed by atoms with van der Waals surface area (Å²) in [6, 6.07) is 7.63. The van der Waals surface area contributed by atoms with Crippen molar-refractivity contribution in [3.8, 4) is 0 Å². The van der Waals surface area contributed by atoms with Gasteiger partial charge in [-0.15, -0.1) is 0 Å². The van der Waals surface area contributed by atoms with Crippen LogP contribution in [0.1, 0.15) is 32.8 Å². The minimum atomic E-state index is -0.275. The molecule has 2 amide bonds. The lowest BCUT2D eigenvalue weighted by Crippen LogP contribution is -2.29. The predicted octanol–water partition coefficient (Wildman–Crippen LogP) is 2.80. The minimum Gasteiger partial charge on any atom is -0.269 e. The summed E-state index contributed by atoms with van der Waals surface area (Å²) in [7, 11) is 0. The second kappa shape index (κ2) is 4.41. The zero-order chi connectivity index (χ0) is 13.3. The van der Waals surface area contributed by atoms with Gasteiger partial charge < -0.3 is 0 Å². The average molecular weight is 243 g/mol. The van der Waals surface area contributed by atoms with E-state index in [4.69, 9.17) is 0 Å². The molecule has 0 bridgehead atoms. The fraction of sp³-hybridized carbons (Fsp3) is 0.333. The number of benzene rings is 1. The van der Waals surface area contributed by atoms with Gasteiger partial charge in [0.15, 0.2) is 0 Å². The van der Waals surface area contributed by atoms with E-state index in [1.807, 2.05) is 24.3 Å². The number of hydrogen-bond donors (Lipinski definition) is 0. The van der Waals surface area contributed by atoms with Gasteiger partial charge in [0.1, 0.15) is 0 Å². The molecule has 1 aliphatic rings. The highest BCUT2D eigenvalue weighted by Gasteiger charge is 2.25. The molecule has 0 spiro atoms. The topological polar surface area (TPSA) is 37.4 Å². The van der Waals surface area contributed by atoms with E-state index in [0.29, 0.717) is 5.69 Å². The molecule has 0 unspecified atom stereocenters. The SMILES string of the molecule is CCC(C)(C)c1ccc(N2C(=O)C=CC2=O)cc1. The molecule has 1 heterocycles. The first kappa shape index (κ1) is 12.6. The van der Waals surface area contributed by atoms with Gasteiger partial charge in [-0.05, 0) is 29.5 Å². The Morgan fingerprint density at radius 2 is 1.50 bits per heavy atom. The van der Waals surface area contributed by atoms with Crippen molar-refractivity contribution in [2.75, 3.05) is 4.90 Å². The lowest BCUT2D eigenvalue weighted by atomic mass is 9.82. The van der Waals surface area contributed by atoms with Gasteiger partial charge in [-0.1, -0.05) is 32.9 Å².